The van der Waals surface area contributed by atoms with E-state index < -0.39 is 0 Å². The maximum absolute atomic E-state index is 9.40. The highest BCUT2D eigenvalue weighted by atomic mass is 35.5. The Morgan fingerprint density at radius 2 is 2.10 bits per heavy atom. The van der Waals surface area contributed by atoms with Gasteiger partial charge in [0, 0.05) is 12.0 Å². The Balaban J connectivity index is 0.000000810. The normalized spacial score (nSPS) is 30.9. The van der Waals surface area contributed by atoms with Crippen LogP contribution in [0.5, 0.6) is 0 Å². The molecule has 1 heterocycles. The molecular formula is C7H16ClNO. The lowest BCUT2D eigenvalue weighted by molar-refractivity contribution is 0.0242. The van der Waals surface area contributed by atoms with Gasteiger partial charge < -0.3 is 10.4 Å². The molecule has 0 unspecified atom stereocenters. The van der Waals surface area contributed by atoms with Crippen LogP contribution in [0.1, 0.15) is 20.3 Å². The molecule has 0 aromatic carbocycles. The molecule has 1 atom stereocenters. The summed E-state index contributed by atoms with van der Waals surface area (Å²) >= 11 is 0. The smallest absolute Gasteiger partial charge is 0.0615 e. The fourth-order valence-corrected chi connectivity index (χ4v) is 1.16. The van der Waals surface area contributed by atoms with Gasteiger partial charge in [0.15, 0.2) is 0 Å². The fraction of sp³-hybridized carbons (Fsp3) is 1.00. The quantitative estimate of drug-likeness (QED) is 0.557. The zero-order valence-corrected chi connectivity index (χ0v) is 7.37. The first-order valence-corrected chi connectivity index (χ1v) is 3.52. The molecule has 0 saturated carbocycles. The van der Waals surface area contributed by atoms with Gasteiger partial charge in [0.2, 0.25) is 0 Å². The van der Waals surface area contributed by atoms with Gasteiger partial charge in [0.05, 0.1) is 6.10 Å². The van der Waals surface area contributed by atoms with Crippen LogP contribution < -0.4 is 5.32 Å². The largest absolute Gasteiger partial charge is 0.392 e. The molecule has 1 aliphatic rings. The van der Waals surface area contributed by atoms with E-state index in [2.05, 4.69) is 19.2 Å². The minimum Gasteiger partial charge on any atom is -0.392 e. The Hall–Kier alpha value is 0.210. The maximum Gasteiger partial charge on any atom is 0.0615 e. The van der Waals surface area contributed by atoms with Crippen LogP contribution in [-0.4, -0.2) is 24.3 Å². The van der Waals surface area contributed by atoms with E-state index >= 15 is 0 Å². The van der Waals surface area contributed by atoms with Crippen molar-refractivity contribution in [1.29, 1.82) is 0 Å². The Bertz CT molecular complexity index is 106. The van der Waals surface area contributed by atoms with Crippen LogP contribution in [0.3, 0.4) is 0 Å². The number of nitrogens with one attached hydrogen (secondary N) is 1. The van der Waals surface area contributed by atoms with E-state index in [-0.39, 0.29) is 23.9 Å². The third kappa shape index (κ3) is 2.11. The zero-order chi connectivity index (χ0) is 6.91. The van der Waals surface area contributed by atoms with Crippen molar-refractivity contribution < 1.29 is 5.11 Å². The lowest BCUT2D eigenvalue weighted by Gasteiger charge is -2.35. The first kappa shape index (κ1) is 10.2. The number of hydrogen-bond donors (Lipinski definition) is 2. The van der Waals surface area contributed by atoms with Gasteiger partial charge in [0.1, 0.15) is 0 Å². The average molecular weight is 166 g/mol. The van der Waals surface area contributed by atoms with E-state index in [1.165, 1.54) is 0 Å². The third-order valence-corrected chi connectivity index (χ3v) is 2.08. The van der Waals surface area contributed by atoms with E-state index in [0.29, 0.717) is 0 Å². The molecule has 1 rings (SSSR count). The minimum atomic E-state index is -0.112. The summed E-state index contributed by atoms with van der Waals surface area (Å²) in [6.45, 7) is 6.08. The molecular weight excluding hydrogens is 150 g/mol. The Kier molecular flexibility index (Phi) is 3.63. The molecule has 1 aliphatic heterocycles. The topological polar surface area (TPSA) is 32.3 Å². The molecule has 10 heavy (non-hydrogen) atoms. The lowest BCUT2D eigenvalue weighted by atomic mass is 9.82. The van der Waals surface area contributed by atoms with Gasteiger partial charge in [-0.05, 0) is 13.0 Å². The first-order chi connectivity index (χ1) is 4.13. The molecule has 62 valence electrons. The second-order valence-electron chi connectivity index (χ2n) is 3.47. The highest BCUT2D eigenvalue weighted by molar-refractivity contribution is 5.85. The predicted molar refractivity (Wildman–Crippen MR) is 44.5 cm³/mol. The number of aliphatic hydroxyl groups excluding tert-OH is 1. The fourth-order valence-electron chi connectivity index (χ4n) is 1.16. The lowest BCUT2D eigenvalue weighted by Crippen LogP contribution is -2.45. The van der Waals surface area contributed by atoms with Crippen molar-refractivity contribution in [3.05, 3.63) is 0 Å². The van der Waals surface area contributed by atoms with Crippen LogP contribution in [0.15, 0.2) is 0 Å². The number of hydrogen-bond acceptors (Lipinski definition) is 2. The average Bonchev–Trinajstić information content (AvgIpc) is 1.77. The van der Waals surface area contributed by atoms with Crippen LogP contribution in [-0.2, 0) is 0 Å². The van der Waals surface area contributed by atoms with Crippen LogP contribution in [0.4, 0.5) is 0 Å². The van der Waals surface area contributed by atoms with Gasteiger partial charge in [-0.2, -0.15) is 0 Å². The van der Waals surface area contributed by atoms with Gasteiger partial charge in [-0.25, -0.2) is 0 Å². The van der Waals surface area contributed by atoms with Crippen molar-refractivity contribution in [2.45, 2.75) is 26.4 Å². The van der Waals surface area contributed by atoms with Crippen molar-refractivity contribution in [3.63, 3.8) is 0 Å². The van der Waals surface area contributed by atoms with Crippen LogP contribution in [0.25, 0.3) is 0 Å². The zero-order valence-electron chi connectivity index (χ0n) is 6.55. The molecule has 0 spiro atoms. The molecule has 2 nitrogen and oxygen atoms in total. The summed E-state index contributed by atoms with van der Waals surface area (Å²) in [7, 11) is 0. The van der Waals surface area contributed by atoms with Gasteiger partial charge >= 0.3 is 0 Å². The molecule has 1 fully saturated rings. The van der Waals surface area contributed by atoms with E-state index in [1.54, 1.807) is 0 Å². The second kappa shape index (κ2) is 3.56. The highest BCUT2D eigenvalue weighted by Gasteiger charge is 2.29. The van der Waals surface area contributed by atoms with Crippen molar-refractivity contribution in [3.8, 4) is 0 Å². The molecule has 0 aromatic heterocycles. The summed E-state index contributed by atoms with van der Waals surface area (Å²) in [5.74, 6) is 0. The summed E-state index contributed by atoms with van der Waals surface area (Å²) in [5.41, 5.74) is 0.0816. The molecule has 0 amide bonds. The summed E-state index contributed by atoms with van der Waals surface area (Å²) in [6, 6.07) is 0. The molecule has 0 bridgehead atoms. The molecule has 2 N–H and O–H groups in total. The van der Waals surface area contributed by atoms with Crippen LogP contribution in [0, 0.1) is 5.41 Å². The van der Waals surface area contributed by atoms with Gasteiger partial charge in [-0.3, -0.25) is 0 Å². The minimum absolute atomic E-state index is 0. The summed E-state index contributed by atoms with van der Waals surface area (Å²) in [4.78, 5) is 0. The standard InChI is InChI=1S/C7H15NO.ClH/c1-7(2)5-8-4-3-6(7)9;/h6,8-9H,3-5H2,1-2H3;1H/t6-;/m0./s1. The number of piperidine rings is 1. The Labute approximate surface area is 68.4 Å². The second-order valence-corrected chi connectivity index (χ2v) is 3.47. The number of aliphatic hydroxyl groups is 1. The number of rotatable bonds is 0. The van der Waals surface area contributed by atoms with Crippen LogP contribution >= 0.6 is 12.4 Å². The Morgan fingerprint density at radius 1 is 1.50 bits per heavy atom. The van der Waals surface area contributed by atoms with Gasteiger partial charge in [-0.15, -0.1) is 12.4 Å². The maximum atomic E-state index is 9.40. The third-order valence-electron chi connectivity index (χ3n) is 2.08. The van der Waals surface area contributed by atoms with E-state index in [4.69, 9.17) is 0 Å². The summed E-state index contributed by atoms with van der Waals surface area (Å²) < 4.78 is 0. The van der Waals surface area contributed by atoms with Gasteiger partial charge in [-0.1, -0.05) is 13.8 Å². The molecule has 1 saturated heterocycles. The van der Waals surface area contributed by atoms with Crippen molar-refractivity contribution in [2.75, 3.05) is 13.1 Å². The molecule has 0 radical (unpaired) electrons. The summed E-state index contributed by atoms with van der Waals surface area (Å²) in [5, 5.41) is 12.6. The number of halogens is 1. The van der Waals surface area contributed by atoms with E-state index in [9.17, 15) is 5.11 Å². The highest BCUT2D eigenvalue weighted by Crippen LogP contribution is 2.24. The first-order valence-electron chi connectivity index (χ1n) is 3.52. The van der Waals surface area contributed by atoms with Gasteiger partial charge in [0.25, 0.3) is 0 Å². The van der Waals surface area contributed by atoms with Crippen molar-refractivity contribution in [2.24, 2.45) is 5.41 Å². The molecule has 3 heteroatoms. The summed E-state index contributed by atoms with van der Waals surface area (Å²) in [6.07, 6.45) is 0.784. The Morgan fingerprint density at radius 3 is 2.40 bits per heavy atom. The predicted octanol–water partition coefficient (Wildman–Crippen LogP) is 0.789. The van der Waals surface area contributed by atoms with E-state index in [0.717, 1.165) is 19.5 Å². The van der Waals surface area contributed by atoms with Crippen LogP contribution in [0.2, 0.25) is 0 Å². The monoisotopic (exact) mass is 165 g/mol. The van der Waals surface area contributed by atoms with E-state index in [1.807, 2.05) is 0 Å². The molecule has 0 aromatic rings. The van der Waals surface area contributed by atoms with Crippen molar-refractivity contribution >= 4 is 12.4 Å². The molecule has 0 aliphatic carbocycles. The SMILES string of the molecule is CC1(C)CNCC[C@@H]1O.Cl. The van der Waals surface area contributed by atoms with Crippen molar-refractivity contribution in [1.82, 2.24) is 5.32 Å².